The van der Waals surface area contributed by atoms with E-state index in [1.807, 2.05) is 23.1 Å². The van der Waals surface area contributed by atoms with Crippen molar-refractivity contribution in [2.45, 2.75) is 25.8 Å². The van der Waals surface area contributed by atoms with Gasteiger partial charge in [-0.2, -0.15) is 0 Å². The van der Waals surface area contributed by atoms with Gasteiger partial charge in [-0.25, -0.2) is 0 Å². The zero-order valence-corrected chi connectivity index (χ0v) is 18.2. The van der Waals surface area contributed by atoms with Crippen LogP contribution in [0.3, 0.4) is 0 Å². The van der Waals surface area contributed by atoms with Crippen molar-refractivity contribution in [3.05, 3.63) is 63.9 Å². The monoisotopic (exact) mass is 440 g/mol. The largest absolute Gasteiger partial charge is 0.359 e. The molecule has 7 nitrogen and oxygen atoms in total. The summed E-state index contributed by atoms with van der Waals surface area (Å²) in [6.45, 7) is 2.16. The molecular weight excluding hydrogens is 416 g/mol. The molecule has 162 valence electrons. The fraction of sp³-hybridized carbons (Fsp3) is 0.391. The Kier molecular flexibility index (Phi) is 6.23. The quantitative estimate of drug-likeness (QED) is 0.795. The summed E-state index contributed by atoms with van der Waals surface area (Å²) in [6, 6.07) is 7.35. The van der Waals surface area contributed by atoms with E-state index in [1.54, 1.807) is 24.2 Å². The summed E-state index contributed by atoms with van der Waals surface area (Å²) in [5.74, 6) is -0.176. The van der Waals surface area contributed by atoms with Gasteiger partial charge in [0.25, 0.3) is 11.8 Å². The van der Waals surface area contributed by atoms with Gasteiger partial charge in [-0.15, -0.1) is 0 Å². The van der Waals surface area contributed by atoms with Gasteiger partial charge in [0.2, 0.25) is 5.91 Å². The SMILES string of the molecule is CNC(=O)C1CCN(C(=O)c2ccc3c(c2)CN(C(=O)c2cnccc2Cl)CC3)CC1. The fourth-order valence-corrected chi connectivity index (χ4v) is 4.49. The highest BCUT2D eigenvalue weighted by atomic mass is 35.5. The van der Waals surface area contributed by atoms with Crippen molar-refractivity contribution in [2.75, 3.05) is 26.7 Å². The molecule has 2 aliphatic heterocycles. The first kappa shape index (κ1) is 21.3. The van der Waals surface area contributed by atoms with Crippen molar-refractivity contribution in [2.24, 2.45) is 5.92 Å². The normalized spacial score (nSPS) is 16.6. The van der Waals surface area contributed by atoms with E-state index in [1.165, 1.54) is 6.20 Å². The van der Waals surface area contributed by atoms with Crippen molar-refractivity contribution >= 4 is 29.3 Å². The van der Waals surface area contributed by atoms with Crippen LogP contribution in [-0.2, 0) is 17.8 Å². The Bertz CT molecular complexity index is 1020. The number of carbonyl (C=O) groups excluding carboxylic acids is 3. The molecule has 1 aromatic carbocycles. The molecule has 8 heteroatoms. The standard InChI is InChI=1S/C23H25ClN4O3/c1-25-21(29)16-6-9-27(10-7-16)22(30)17-3-2-15-5-11-28(14-18(15)12-17)23(31)19-13-26-8-4-20(19)24/h2-4,8,12-13,16H,5-7,9-11,14H2,1H3,(H,25,29). The molecule has 0 saturated carbocycles. The fourth-order valence-electron chi connectivity index (χ4n) is 4.30. The topological polar surface area (TPSA) is 82.6 Å². The Labute approximate surface area is 186 Å². The van der Waals surface area contributed by atoms with Crippen LogP contribution in [0.1, 0.15) is 44.7 Å². The van der Waals surface area contributed by atoms with Crippen molar-refractivity contribution in [3.8, 4) is 0 Å². The molecule has 31 heavy (non-hydrogen) atoms. The first-order valence-corrected chi connectivity index (χ1v) is 10.9. The van der Waals surface area contributed by atoms with Gasteiger partial charge in [0.1, 0.15) is 0 Å². The van der Waals surface area contributed by atoms with E-state index in [9.17, 15) is 14.4 Å². The second-order valence-electron chi connectivity index (χ2n) is 8.00. The van der Waals surface area contributed by atoms with Crippen LogP contribution in [0.5, 0.6) is 0 Å². The molecule has 1 N–H and O–H groups in total. The molecule has 0 aliphatic carbocycles. The summed E-state index contributed by atoms with van der Waals surface area (Å²) in [5, 5.41) is 3.07. The first-order valence-electron chi connectivity index (χ1n) is 10.5. The van der Waals surface area contributed by atoms with E-state index in [4.69, 9.17) is 11.6 Å². The molecule has 0 spiro atoms. The second-order valence-corrected chi connectivity index (χ2v) is 8.40. The van der Waals surface area contributed by atoms with Crippen LogP contribution < -0.4 is 5.32 Å². The van der Waals surface area contributed by atoms with Crippen LogP contribution >= 0.6 is 11.6 Å². The number of nitrogens with zero attached hydrogens (tertiary/aromatic N) is 3. The first-order chi connectivity index (χ1) is 15.0. The Morgan fingerprint density at radius 1 is 1.03 bits per heavy atom. The number of hydrogen-bond acceptors (Lipinski definition) is 4. The number of nitrogens with one attached hydrogen (secondary N) is 1. The van der Waals surface area contributed by atoms with E-state index in [0.29, 0.717) is 55.2 Å². The average Bonchev–Trinajstić information content (AvgIpc) is 2.82. The lowest BCUT2D eigenvalue weighted by molar-refractivity contribution is -0.125. The zero-order valence-electron chi connectivity index (χ0n) is 17.4. The molecule has 0 unspecified atom stereocenters. The number of halogens is 1. The molecule has 2 aliphatic rings. The number of pyridine rings is 1. The van der Waals surface area contributed by atoms with Gasteiger partial charge in [-0.3, -0.25) is 19.4 Å². The van der Waals surface area contributed by atoms with E-state index in [2.05, 4.69) is 10.3 Å². The van der Waals surface area contributed by atoms with Crippen LogP contribution in [0.4, 0.5) is 0 Å². The minimum atomic E-state index is -0.156. The summed E-state index contributed by atoms with van der Waals surface area (Å²) < 4.78 is 0. The average molecular weight is 441 g/mol. The van der Waals surface area contributed by atoms with Gasteiger partial charge in [0.15, 0.2) is 0 Å². The summed E-state index contributed by atoms with van der Waals surface area (Å²) in [5.41, 5.74) is 3.13. The number of aromatic nitrogens is 1. The highest BCUT2D eigenvalue weighted by Crippen LogP contribution is 2.25. The number of fused-ring (bicyclic) bond motifs is 1. The maximum atomic E-state index is 13.0. The van der Waals surface area contributed by atoms with E-state index >= 15 is 0 Å². The Hall–Kier alpha value is -2.93. The Morgan fingerprint density at radius 3 is 2.52 bits per heavy atom. The lowest BCUT2D eigenvalue weighted by Crippen LogP contribution is -2.42. The molecule has 2 aromatic rings. The molecule has 0 radical (unpaired) electrons. The van der Waals surface area contributed by atoms with Crippen molar-refractivity contribution < 1.29 is 14.4 Å². The van der Waals surface area contributed by atoms with Crippen LogP contribution in [0.25, 0.3) is 0 Å². The second kappa shape index (κ2) is 9.06. The third kappa shape index (κ3) is 4.42. The van der Waals surface area contributed by atoms with Gasteiger partial charge in [-0.1, -0.05) is 17.7 Å². The molecule has 4 rings (SSSR count). The molecule has 1 fully saturated rings. The number of carbonyl (C=O) groups is 3. The molecule has 0 atom stereocenters. The van der Waals surface area contributed by atoms with Crippen LogP contribution in [0, 0.1) is 5.92 Å². The summed E-state index contributed by atoms with van der Waals surface area (Å²) in [4.78, 5) is 45.3. The maximum absolute atomic E-state index is 13.0. The van der Waals surface area contributed by atoms with Crippen molar-refractivity contribution in [3.63, 3.8) is 0 Å². The predicted molar refractivity (Wildman–Crippen MR) is 117 cm³/mol. The van der Waals surface area contributed by atoms with E-state index < -0.39 is 0 Å². The van der Waals surface area contributed by atoms with Gasteiger partial charge < -0.3 is 15.1 Å². The minimum Gasteiger partial charge on any atom is -0.359 e. The molecule has 0 bridgehead atoms. The molecule has 1 saturated heterocycles. The number of piperidine rings is 1. The minimum absolute atomic E-state index is 0.0306. The van der Waals surface area contributed by atoms with E-state index in [-0.39, 0.29) is 23.6 Å². The van der Waals surface area contributed by atoms with Crippen molar-refractivity contribution in [1.82, 2.24) is 20.1 Å². The highest BCUT2D eigenvalue weighted by molar-refractivity contribution is 6.33. The lowest BCUT2D eigenvalue weighted by Gasteiger charge is -2.32. The molecular formula is C23H25ClN4O3. The van der Waals surface area contributed by atoms with Crippen molar-refractivity contribution in [1.29, 1.82) is 0 Å². The Balaban J connectivity index is 1.46. The maximum Gasteiger partial charge on any atom is 0.257 e. The summed E-state index contributed by atoms with van der Waals surface area (Å²) >= 11 is 6.17. The highest BCUT2D eigenvalue weighted by Gasteiger charge is 2.28. The van der Waals surface area contributed by atoms with Gasteiger partial charge in [-0.05, 0) is 48.6 Å². The number of rotatable bonds is 3. The molecule has 3 amide bonds. The lowest BCUT2D eigenvalue weighted by atomic mass is 9.94. The van der Waals surface area contributed by atoms with E-state index in [0.717, 1.165) is 17.5 Å². The molecule has 1 aromatic heterocycles. The third-order valence-electron chi connectivity index (χ3n) is 6.15. The van der Waals surface area contributed by atoms with Gasteiger partial charge in [0.05, 0.1) is 10.6 Å². The Morgan fingerprint density at radius 2 is 1.81 bits per heavy atom. The smallest absolute Gasteiger partial charge is 0.257 e. The van der Waals surface area contributed by atoms with Gasteiger partial charge >= 0.3 is 0 Å². The summed E-state index contributed by atoms with van der Waals surface area (Å²) in [6.07, 6.45) is 5.11. The predicted octanol–water partition coefficient (Wildman–Crippen LogP) is 2.53. The molecule has 3 heterocycles. The number of hydrogen-bond donors (Lipinski definition) is 1. The van der Waals surface area contributed by atoms with Crippen LogP contribution in [-0.4, -0.2) is 59.2 Å². The number of likely N-dealkylation sites (tertiary alicyclic amines) is 1. The van der Waals surface area contributed by atoms with Gasteiger partial charge in [0, 0.05) is 57.1 Å². The number of amides is 3. The number of benzene rings is 1. The zero-order chi connectivity index (χ0) is 22.0. The van der Waals surface area contributed by atoms with Crippen LogP contribution in [0.15, 0.2) is 36.7 Å². The summed E-state index contributed by atoms with van der Waals surface area (Å²) in [7, 11) is 1.64. The van der Waals surface area contributed by atoms with Crippen LogP contribution in [0.2, 0.25) is 5.02 Å². The third-order valence-corrected chi connectivity index (χ3v) is 6.48.